The van der Waals surface area contributed by atoms with Crippen LogP contribution in [0.15, 0.2) is 29.3 Å². The SMILES string of the molecule is CCNC(=NCc1ccccc1Cl)NCc1nnc2n1CCCC2.I. The van der Waals surface area contributed by atoms with E-state index in [4.69, 9.17) is 11.6 Å². The molecular weight excluding hydrogens is 451 g/mol. The number of hydrogen-bond donors (Lipinski definition) is 2. The molecule has 0 atom stereocenters. The number of aryl methyl sites for hydroxylation is 1. The Balaban J connectivity index is 0.00000225. The number of fused-ring (bicyclic) bond motifs is 1. The van der Waals surface area contributed by atoms with Gasteiger partial charge in [0, 0.05) is 24.5 Å². The maximum Gasteiger partial charge on any atom is 0.191 e. The van der Waals surface area contributed by atoms with Gasteiger partial charge in [0.25, 0.3) is 0 Å². The Bertz CT molecular complexity index is 715. The van der Waals surface area contributed by atoms with Gasteiger partial charge in [-0.3, -0.25) is 0 Å². The van der Waals surface area contributed by atoms with E-state index in [1.807, 2.05) is 31.2 Å². The van der Waals surface area contributed by atoms with Crippen molar-refractivity contribution in [1.82, 2.24) is 25.4 Å². The number of aromatic nitrogens is 3. The van der Waals surface area contributed by atoms with Gasteiger partial charge in [0.05, 0.1) is 13.1 Å². The van der Waals surface area contributed by atoms with Gasteiger partial charge in [0.2, 0.25) is 0 Å². The quantitative estimate of drug-likeness (QED) is 0.397. The number of guanidine groups is 1. The third-order valence-corrected chi connectivity index (χ3v) is 4.43. The molecule has 1 aliphatic rings. The summed E-state index contributed by atoms with van der Waals surface area (Å²) in [7, 11) is 0. The fourth-order valence-electron chi connectivity index (χ4n) is 2.79. The van der Waals surface area contributed by atoms with Crippen molar-refractivity contribution >= 4 is 41.5 Å². The molecule has 3 rings (SSSR count). The number of benzene rings is 1. The number of rotatable bonds is 5. The number of halogens is 2. The van der Waals surface area contributed by atoms with Crippen molar-refractivity contribution < 1.29 is 0 Å². The number of hydrogen-bond acceptors (Lipinski definition) is 3. The average molecular weight is 475 g/mol. The molecule has 1 aromatic carbocycles. The normalized spacial score (nSPS) is 13.8. The molecule has 1 aromatic heterocycles. The molecule has 0 spiro atoms. The third-order valence-electron chi connectivity index (χ3n) is 4.06. The summed E-state index contributed by atoms with van der Waals surface area (Å²) in [5.74, 6) is 2.81. The zero-order chi connectivity index (χ0) is 16.8. The molecule has 2 aromatic rings. The van der Waals surface area contributed by atoms with Crippen molar-refractivity contribution in [3.05, 3.63) is 46.5 Å². The molecule has 0 fully saturated rings. The van der Waals surface area contributed by atoms with Gasteiger partial charge in [0.1, 0.15) is 5.82 Å². The van der Waals surface area contributed by atoms with Crippen molar-refractivity contribution in [1.29, 1.82) is 0 Å². The van der Waals surface area contributed by atoms with Gasteiger partial charge in [-0.15, -0.1) is 34.2 Å². The zero-order valence-electron chi connectivity index (χ0n) is 14.3. The van der Waals surface area contributed by atoms with Crippen LogP contribution in [0.5, 0.6) is 0 Å². The van der Waals surface area contributed by atoms with Crippen LogP contribution in [0.1, 0.15) is 37.0 Å². The minimum absolute atomic E-state index is 0. The van der Waals surface area contributed by atoms with Gasteiger partial charge in [0.15, 0.2) is 11.8 Å². The smallest absolute Gasteiger partial charge is 0.191 e. The van der Waals surface area contributed by atoms with Crippen LogP contribution in [0.3, 0.4) is 0 Å². The molecule has 6 nitrogen and oxygen atoms in total. The maximum atomic E-state index is 6.19. The van der Waals surface area contributed by atoms with E-state index in [9.17, 15) is 0 Å². The summed E-state index contributed by atoms with van der Waals surface area (Å²) in [6.45, 7) is 5.00. The second-order valence-corrected chi connectivity index (χ2v) is 6.19. The van der Waals surface area contributed by atoms with E-state index < -0.39 is 0 Å². The van der Waals surface area contributed by atoms with E-state index in [0.717, 1.165) is 47.7 Å². The topological polar surface area (TPSA) is 67.1 Å². The van der Waals surface area contributed by atoms with Gasteiger partial charge >= 0.3 is 0 Å². The van der Waals surface area contributed by atoms with E-state index in [2.05, 4.69) is 30.4 Å². The Morgan fingerprint density at radius 3 is 2.88 bits per heavy atom. The van der Waals surface area contributed by atoms with Crippen molar-refractivity contribution in [2.24, 2.45) is 4.99 Å². The molecular formula is C17H24ClIN6. The number of nitrogens with zero attached hydrogens (tertiary/aromatic N) is 4. The van der Waals surface area contributed by atoms with E-state index >= 15 is 0 Å². The molecule has 0 saturated carbocycles. The van der Waals surface area contributed by atoms with E-state index in [0.29, 0.717) is 13.1 Å². The van der Waals surface area contributed by atoms with Crippen LogP contribution in [0.2, 0.25) is 5.02 Å². The second kappa shape index (κ2) is 9.96. The zero-order valence-corrected chi connectivity index (χ0v) is 17.4. The summed E-state index contributed by atoms with van der Waals surface area (Å²) in [5.41, 5.74) is 1.01. The van der Waals surface area contributed by atoms with Crippen LogP contribution in [0.4, 0.5) is 0 Å². The number of nitrogens with one attached hydrogen (secondary N) is 2. The highest BCUT2D eigenvalue weighted by Gasteiger charge is 2.15. The Kier molecular flexibility index (Phi) is 7.95. The predicted molar refractivity (Wildman–Crippen MR) is 111 cm³/mol. The summed E-state index contributed by atoms with van der Waals surface area (Å²) in [4.78, 5) is 4.61. The Hall–Kier alpha value is -1.35. The fourth-order valence-corrected chi connectivity index (χ4v) is 2.99. The van der Waals surface area contributed by atoms with Crippen molar-refractivity contribution in [2.75, 3.05) is 6.54 Å². The first-order valence-electron chi connectivity index (χ1n) is 8.44. The van der Waals surface area contributed by atoms with Crippen LogP contribution in [-0.4, -0.2) is 27.3 Å². The van der Waals surface area contributed by atoms with Crippen LogP contribution < -0.4 is 10.6 Å². The molecule has 2 heterocycles. The van der Waals surface area contributed by atoms with Gasteiger partial charge in [-0.25, -0.2) is 4.99 Å². The first-order chi connectivity index (χ1) is 11.8. The molecule has 8 heteroatoms. The first kappa shape index (κ1) is 20.0. The van der Waals surface area contributed by atoms with Gasteiger partial charge in [-0.1, -0.05) is 29.8 Å². The largest absolute Gasteiger partial charge is 0.357 e. The molecule has 0 amide bonds. The van der Waals surface area contributed by atoms with Crippen LogP contribution >= 0.6 is 35.6 Å². The Morgan fingerprint density at radius 1 is 1.24 bits per heavy atom. The maximum absolute atomic E-state index is 6.19. The average Bonchev–Trinajstić information content (AvgIpc) is 3.02. The summed E-state index contributed by atoms with van der Waals surface area (Å²) >= 11 is 6.19. The lowest BCUT2D eigenvalue weighted by molar-refractivity contribution is 0.504. The van der Waals surface area contributed by atoms with Gasteiger partial charge in [-0.2, -0.15) is 0 Å². The highest BCUT2D eigenvalue weighted by Crippen LogP contribution is 2.16. The summed E-state index contributed by atoms with van der Waals surface area (Å²) in [5, 5.41) is 15.9. The molecule has 0 saturated heterocycles. The summed E-state index contributed by atoms with van der Waals surface area (Å²) < 4.78 is 2.22. The Morgan fingerprint density at radius 2 is 2.08 bits per heavy atom. The minimum Gasteiger partial charge on any atom is -0.357 e. The molecule has 25 heavy (non-hydrogen) atoms. The predicted octanol–water partition coefficient (Wildman–Crippen LogP) is 3.14. The van der Waals surface area contributed by atoms with E-state index in [-0.39, 0.29) is 24.0 Å². The van der Waals surface area contributed by atoms with Crippen LogP contribution in [0.25, 0.3) is 0 Å². The third kappa shape index (κ3) is 5.31. The van der Waals surface area contributed by atoms with E-state index in [1.54, 1.807) is 0 Å². The minimum atomic E-state index is 0. The van der Waals surface area contributed by atoms with E-state index in [1.165, 1.54) is 12.8 Å². The Labute approximate surface area is 170 Å². The molecule has 0 unspecified atom stereocenters. The molecule has 136 valence electrons. The molecule has 0 bridgehead atoms. The monoisotopic (exact) mass is 474 g/mol. The summed E-state index contributed by atoms with van der Waals surface area (Å²) in [6, 6.07) is 7.77. The van der Waals surface area contributed by atoms with Crippen LogP contribution in [0, 0.1) is 0 Å². The highest BCUT2D eigenvalue weighted by atomic mass is 127. The first-order valence-corrected chi connectivity index (χ1v) is 8.82. The lowest BCUT2D eigenvalue weighted by Gasteiger charge is -2.16. The second-order valence-electron chi connectivity index (χ2n) is 5.78. The molecule has 0 radical (unpaired) electrons. The summed E-state index contributed by atoms with van der Waals surface area (Å²) in [6.07, 6.45) is 3.42. The molecule has 0 aliphatic carbocycles. The molecule has 1 aliphatic heterocycles. The van der Waals surface area contributed by atoms with Gasteiger partial charge in [-0.05, 0) is 31.4 Å². The van der Waals surface area contributed by atoms with Crippen LogP contribution in [-0.2, 0) is 26.1 Å². The fraction of sp³-hybridized carbons (Fsp3) is 0.471. The standard InChI is InChI=1S/C17H23ClN6.HI/c1-2-19-17(20-11-13-7-3-4-8-14(13)18)21-12-16-23-22-15-9-5-6-10-24(15)16;/h3-4,7-8H,2,5-6,9-12H2,1H3,(H2,19,20,21);1H. The lowest BCUT2D eigenvalue weighted by Crippen LogP contribution is -2.37. The van der Waals surface area contributed by atoms with Crippen molar-refractivity contribution in [3.63, 3.8) is 0 Å². The van der Waals surface area contributed by atoms with Crippen molar-refractivity contribution in [3.8, 4) is 0 Å². The highest BCUT2D eigenvalue weighted by molar-refractivity contribution is 14.0. The number of aliphatic imine (C=N–C) groups is 1. The van der Waals surface area contributed by atoms with Gasteiger partial charge < -0.3 is 15.2 Å². The van der Waals surface area contributed by atoms with Crippen molar-refractivity contribution in [2.45, 2.75) is 45.8 Å². The lowest BCUT2D eigenvalue weighted by atomic mass is 10.2. The molecule has 2 N–H and O–H groups in total.